The van der Waals surface area contributed by atoms with Gasteiger partial charge in [0.05, 0.1) is 0 Å². The van der Waals surface area contributed by atoms with Crippen molar-refractivity contribution >= 4 is 11.8 Å². The summed E-state index contributed by atoms with van der Waals surface area (Å²) in [5.41, 5.74) is 1.70. The highest BCUT2D eigenvalue weighted by atomic mass is 32.2. The molecule has 1 aromatic rings. The topological polar surface area (TPSA) is 12.0 Å². The summed E-state index contributed by atoms with van der Waals surface area (Å²) in [6.07, 6.45) is 2.11. The number of aryl methyl sites for hydroxylation is 1. The highest BCUT2D eigenvalue weighted by molar-refractivity contribution is 7.99. The van der Waals surface area contributed by atoms with Gasteiger partial charge >= 0.3 is 0 Å². The lowest BCUT2D eigenvalue weighted by atomic mass is 10.1. The Labute approximate surface area is 108 Å². The summed E-state index contributed by atoms with van der Waals surface area (Å²) < 4.78 is 13.7. The van der Waals surface area contributed by atoms with Crippen LogP contribution < -0.4 is 5.32 Å². The van der Waals surface area contributed by atoms with Crippen LogP contribution in [0.25, 0.3) is 0 Å². The van der Waals surface area contributed by atoms with E-state index in [1.165, 1.54) is 0 Å². The lowest BCUT2D eigenvalue weighted by Gasteiger charge is -2.25. The molecule has 1 nitrogen and oxygen atoms in total. The van der Waals surface area contributed by atoms with E-state index in [2.05, 4.69) is 32.3 Å². The lowest BCUT2D eigenvalue weighted by Crippen LogP contribution is -2.33. The summed E-state index contributed by atoms with van der Waals surface area (Å²) in [7, 11) is 0. The van der Waals surface area contributed by atoms with E-state index in [4.69, 9.17) is 0 Å². The molecule has 0 bridgehead atoms. The molecule has 1 atom stereocenters. The molecule has 0 saturated heterocycles. The van der Waals surface area contributed by atoms with Crippen LogP contribution in [0.5, 0.6) is 0 Å². The number of benzene rings is 1. The molecule has 0 amide bonds. The Morgan fingerprint density at radius 1 is 1.41 bits per heavy atom. The van der Waals surface area contributed by atoms with Crippen molar-refractivity contribution in [1.82, 2.24) is 5.32 Å². The lowest BCUT2D eigenvalue weighted by molar-refractivity contribution is 0.519. The zero-order valence-electron chi connectivity index (χ0n) is 11.3. The third-order valence-corrected chi connectivity index (χ3v) is 4.33. The monoisotopic (exact) mass is 255 g/mol. The van der Waals surface area contributed by atoms with E-state index in [-0.39, 0.29) is 16.6 Å². The molecule has 1 unspecified atom stereocenters. The van der Waals surface area contributed by atoms with Crippen molar-refractivity contribution in [2.24, 2.45) is 0 Å². The third kappa shape index (κ3) is 4.32. The van der Waals surface area contributed by atoms with Gasteiger partial charge in [-0.15, -0.1) is 0 Å². The van der Waals surface area contributed by atoms with Crippen LogP contribution in [-0.4, -0.2) is 17.5 Å². The van der Waals surface area contributed by atoms with E-state index < -0.39 is 0 Å². The van der Waals surface area contributed by atoms with E-state index >= 15 is 0 Å². The maximum absolute atomic E-state index is 13.4. The molecule has 96 valence electrons. The molecular formula is C14H22FNS. The average Bonchev–Trinajstić information content (AvgIpc) is 2.30. The number of rotatable bonds is 5. The van der Waals surface area contributed by atoms with Crippen molar-refractivity contribution in [3.05, 3.63) is 35.1 Å². The van der Waals surface area contributed by atoms with Crippen LogP contribution in [-0.2, 0) is 0 Å². The van der Waals surface area contributed by atoms with E-state index in [0.717, 1.165) is 12.1 Å². The second-order valence-corrected chi connectivity index (χ2v) is 6.59. The molecular weight excluding hydrogens is 233 g/mol. The van der Waals surface area contributed by atoms with Crippen molar-refractivity contribution in [3.8, 4) is 0 Å². The van der Waals surface area contributed by atoms with Crippen molar-refractivity contribution < 1.29 is 4.39 Å². The van der Waals surface area contributed by atoms with E-state index in [9.17, 15) is 4.39 Å². The molecule has 0 radical (unpaired) electrons. The second-order valence-electron chi connectivity index (χ2n) is 5.08. The van der Waals surface area contributed by atoms with Crippen molar-refractivity contribution in [2.45, 2.75) is 38.5 Å². The quantitative estimate of drug-likeness (QED) is 0.855. The first-order chi connectivity index (χ1) is 7.85. The summed E-state index contributed by atoms with van der Waals surface area (Å²) in [5, 5.41) is 3.45. The van der Waals surface area contributed by atoms with E-state index in [1.807, 2.05) is 23.9 Å². The first-order valence-electron chi connectivity index (χ1n) is 5.90. The summed E-state index contributed by atoms with van der Waals surface area (Å²) in [6.45, 7) is 9.17. The summed E-state index contributed by atoms with van der Waals surface area (Å²) in [6, 6.07) is 5.63. The molecule has 0 heterocycles. The number of thioether (sulfide) groups is 1. The van der Waals surface area contributed by atoms with Gasteiger partial charge in [0.1, 0.15) is 5.82 Å². The van der Waals surface area contributed by atoms with Gasteiger partial charge in [0.15, 0.2) is 0 Å². The highest BCUT2D eigenvalue weighted by Gasteiger charge is 2.17. The Balaban J connectivity index is 2.64. The van der Waals surface area contributed by atoms with Gasteiger partial charge in [-0.25, -0.2) is 4.39 Å². The van der Waals surface area contributed by atoms with Crippen LogP contribution in [0.15, 0.2) is 18.2 Å². The van der Waals surface area contributed by atoms with Gasteiger partial charge in [-0.05, 0) is 51.1 Å². The smallest absolute Gasteiger partial charge is 0.126 e. The van der Waals surface area contributed by atoms with Crippen LogP contribution in [0.2, 0.25) is 0 Å². The fourth-order valence-electron chi connectivity index (χ4n) is 1.47. The minimum atomic E-state index is -0.125. The zero-order valence-corrected chi connectivity index (χ0v) is 12.1. The molecule has 0 aliphatic heterocycles. The largest absolute Gasteiger partial charge is 0.309 e. The second kappa shape index (κ2) is 5.87. The minimum absolute atomic E-state index is 0.125. The van der Waals surface area contributed by atoms with Gasteiger partial charge in [-0.2, -0.15) is 11.8 Å². The summed E-state index contributed by atoms with van der Waals surface area (Å²) in [4.78, 5) is 0. The number of nitrogens with one attached hydrogen (secondary N) is 1. The van der Waals surface area contributed by atoms with Crippen molar-refractivity contribution in [2.75, 3.05) is 12.8 Å². The Bertz CT molecular complexity index is 376. The number of hydrogen-bond acceptors (Lipinski definition) is 2. The van der Waals surface area contributed by atoms with Gasteiger partial charge in [-0.3, -0.25) is 0 Å². The van der Waals surface area contributed by atoms with Gasteiger partial charge in [0.25, 0.3) is 0 Å². The maximum atomic E-state index is 13.4. The molecule has 1 rings (SSSR count). The SMILES string of the molecule is CSC(C)(C)CNC(C)c1ccc(C)c(F)c1. The third-order valence-electron chi connectivity index (χ3n) is 3.08. The molecule has 0 saturated carbocycles. The first-order valence-corrected chi connectivity index (χ1v) is 7.13. The predicted octanol–water partition coefficient (Wildman–Crippen LogP) is 3.93. The standard InChI is InChI=1S/C14H22FNS/c1-10-6-7-12(8-13(10)15)11(2)16-9-14(3,4)17-5/h6-8,11,16H,9H2,1-5H3. The van der Waals surface area contributed by atoms with Crippen LogP contribution in [0, 0.1) is 12.7 Å². The highest BCUT2D eigenvalue weighted by Crippen LogP contribution is 2.22. The van der Waals surface area contributed by atoms with E-state index in [1.54, 1.807) is 13.0 Å². The minimum Gasteiger partial charge on any atom is -0.309 e. The molecule has 0 spiro atoms. The van der Waals surface area contributed by atoms with Gasteiger partial charge in [0, 0.05) is 17.3 Å². The number of hydrogen-bond donors (Lipinski definition) is 1. The van der Waals surface area contributed by atoms with Crippen LogP contribution in [0.1, 0.15) is 37.9 Å². The normalized spacial score (nSPS) is 13.8. The van der Waals surface area contributed by atoms with Crippen LogP contribution in [0.4, 0.5) is 4.39 Å². The summed E-state index contributed by atoms with van der Waals surface area (Å²) >= 11 is 1.83. The molecule has 17 heavy (non-hydrogen) atoms. The van der Waals surface area contributed by atoms with E-state index in [0.29, 0.717) is 5.56 Å². The van der Waals surface area contributed by atoms with Crippen LogP contribution >= 0.6 is 11.8 Å². The Morgan fingerprint density at radius 2 is 2.06 bits per heavy atom. The maximum Gasteiger partial charge on any atom is 0.126 e. The fraction of sp³-hybridized carbons (Fsp3) is 0.571. The molecule has 0 aliphatic rings. The fourth-order valence-corrected chi connectivity index (χ4v) is 1.70. The number of halogens is 1. The van der Waals surface area contributed by atoms with Crippen LogP contribution in [0.3, 0.4) is 0 Å². The molecule has 1 N–H and O–H groups in total. The molecule has 1 aromatic carbocycles. The van der Waals surface area contributed by atoms with Crippen molar-refractivity contribution in [3.63, 3.8) is 0 Å². The Kier molecular flexibility index (Phi) is 5.02. The van der Waals surface area contributed by atoms with Crippen molar-refractivity contribution in [1.29, 1.82) is 0 Å². The van der Waals surface area contributed by atoms with Gasteiger partial charge < -0.3 is 5.32 Å². The average molecular weight is 255 g/mol. The molecule has 0 aliphatic carbocycles. The van der Waals surface area contributed by atoms with Gasteiger partial charge in [0.2, 0.25) is 0 Å². The Morgan fingerprint density at radius 3 is 2.59 bits per heavy atom. The molecule has 0 fully saturated rings. The summed E-state index contributed by atoms with van der Waals surface area (Å²) in [5.74, 6) is -0.125. The first kappa shape index (κ1) is 14.5. The Hall–Kier alpha value is -0.540. The molecule has 0 aromatic heterocycles. The zero-order chi connectivity index (χ0) is 13.1. The molecule has 3 heteroatoms. The predicted molar refractivity (Wildman–Crippen MR) is 75.1 cm³/mol. The van der Waals surface area contributed by atoms with Gasteiger partial charge in [-0.1, -0.05) is 12.1 Å².